The number of aliphatic hydroxyl groups excluding tert-OH is 1. The highest BCUT2D eigenvalue weighted by atomic mass is 16.3. The number of aromatic nitrogens is 4. The molecule has 27 nitrogen and oxygen atoms in total. The Hall–Kier alpha value is -10.6. The summed E-state index contributed by atoms with van der Waals surface area (Å²) in [6, 6.07) is 14.5. The number of H-pyrrole nitrogens is 3. The molecule has 27 heteroatoms. The molecule has 9 rings (SSSR count). The van der Waals surface area contributed by atoms with Crippen molar-refractivity contribution in [1.82, 2.24) is 72.7 Å². The predicted molar refractivity (Wildman–Crippen MR) is 345 cm³/mol. The van der Waals surface area contributed by atoms with E-state index in [2.05, 4.69) is 67.8 Å². The standard InChI is InChI=1S/C67H80N14O13/c1-4-69-66(93)57-14-9-25-81(57)67(94)55(28-39-17-21-44(84)22-18-39)79-62(89)52(29-40-32-70-47-12-7-5-10-45(40)47)76-60(87)50(26-37(2)3)74-61(88)51(27-38-15-19-43(83)20-16-38)75-65(92)56(35-82)80-63(90)53(30-41-33-71-48-13-8-6-11-46(41)48)77-64(91)54(31-42-34-68-36-72-42)78-59(86)49-23-24-58(85)73-49/h5-8,10-13,15-22,32-34,36-37,49-57,70-71,82-84H,4,9,14,23-31,35H2,1-3H3,(H,68,72)(H,69,93)(H,73,85)(H,74,88)(H,75,92)(H,76,87)(H,77,91)(H,78,86)(H,79,89)(H,80,90)/t49-,50+,51-,52-,53-,54-,55-,56-,57-/m0/s1. The number of aliphatic hydroxyl groups is 1. The Morgan fingerprint density at radius 1 is 0.564 bits per heavy atom. The number of rotatable bonds is 30. The first-order chi connectivity index (χ1) is 45.2. The van der Waals surface area contributed by atoms with Gasteiger partial charge in [0.05, 0.1) is 12.9 Å². The van der Waals surface area contributed by atoms with Gasteiger partial charge in [-0.05, 0) is 97.2 Å². The van der Waals surface area contributed by atoms with Gasteiger partial charge < -0.3 is 83.0 Å². The predicted octanol–water partition coefficient (Wildman–Crippen LogP) is 1.13. The highest BCUT2D eigenvalue weighted by Gasteiger charge is 2.40. The monoisotopic (exact) mass is 1290 g/mol. The van der Waals surface area contributed by atoms with Crippen molar-refractivity contribution in [1.29, 1.82) is 0 Å². The number of imidazole rings is 1. The van der Waals surface area contributed by atoms with Gasteiger partial charge in [-0.3, -0.25) is 47.9 Å². The van der Waals surface area contributed by atoms with E-state index < -0.39 is 108 Å². The number of likely N-dealkylation sites (N-methyl/N-ethyl adjacent to an activating group) is 1. The van der Waals surface area contributed by atoms with E-state index in [1.807, 2.05) is 30.3 Å². The molecular formula is C67H80N14O13. The third-order valence-corrected chi connectivity index (χ3v) is 16.7. The average molecular weight is 1290 g/mol. The molecule has 2 fully saturated rings. The zero-order valence-electron chi connectivity index (χ0n) is 52.3. The minimum Gasteiger partial charge on any atom is -0.508 e. The SMILES string of the molecule is CCNC(=O)[C@@H]1CCCN1C(=O)[C@H](Cc1ccc(O)cc1)NC(=O)[C@H](Cc1c[nH]c2ccccc12)NC(=O)[C@@H](CC(C)C)NC(=O)[C@H](Cc1ccc(O)cc1)NC(=O)[C@H](CO)NC(=O)[C@H](Cc1c[nH]c2ccccc12)NC(=O)[C@H](Cc1cnc[nH]1)NC(=O)[C@@H]1CCC(=O)N1. The van der Waals surface area contributed by atoms with Crippen molar-refractivity contribution in [2.24, 2.45) is 5.92 Å². The van der Waals surface area contributed by atoms with Crippen LogP contribution in [0.15, 0.2) is 122 Å². The first-order valence-corrected chi connectivity index (χ1v) is 31.5. The van der Waals surface area contributed by atoms with E-state index in [-0.39, 0.29) is 87.1 Å². The maximum Gasteiger partial charge on any atom is 0.246 e. The number of nitrogens with one attached hydrogen (secondary N) is 12. The highest BCUT2D eigenvalue weighted by molar-refractivity contribution is 6.00. The number of benzene rings is 4. The van der Waals surface area contributed by atoms with Crippen LogP contribution in [0.1, 0.15) is 80.8 Å². The van der Waals surface area contributed by atoms with Crippen molar-refractivity contribution in [2.75, 3.05) is 19.7 Å². The molecule has 4 aromatic carbocycles. The minimum absolute atomic E-state index is 0.000554. The van der Waals surface area contributed by atoms with Gasteiger partial charge in [-0.2, -0.15) is 0 Å². The van der Waals surface area contributed by atoms with Gasteiger partial charge in [0.15, 0.2) is 0 Å². The Labute approximate surface area is 541 Å². The average Bonchev–Trinajstić information content (AvgIpc) is 1.64. The Morgan fingerprint density at radius 2 is 1.04 bits per heavy atom. The summed E-state index contributed by atoms with van der Waals surface area (Å²) >= 11 is 0. The quantitative estimate of drug-likeness (QED) is 0.0300. The second-order valence-electron chi connectivity index (χ2n) is 24.1. The first-order valence-electron chi connectivity index (χ1n) is 31.5. The van der Waals surface area contributed by atoms with Crippen molar-refractivity contribution < 1.29 is 63.3 Å². The van der Waals surface area contributed by atoms with E-state index >= 15 is 9.59 Å². The van der Waals surface area contributed by atoms with Gasteiger partial charge in [-0.15, -0.1) is 0 Å². The van der Waals surface area contributed by atoms with Gasteiger partial charge in [0.25, 0.3) is 0 Å². The summed E-state index contributed by atoms with van der Waals surface area (Å²) in [5.74, 6) is -7.53. The molecule has 15 N–H and O–H groups in total. The number of amides is 10. The van der Waals surface area contributed by atoms with Crippen LogP contribution in [0.2, 0.25) is 0 Å². The Morgan fingerprint density at radius 3 is 1.54 bits per heavy atom. The first kappa shape index (κ1) is 67.8. The zero-order chi connectivity index (χ0) is 67.0. The molecule has 94 heavy (non-hydrogen) atoms. The molecule has 0 unspecified atom stereocenters. The Balaban J connectivity index is 0.963. The minimum atomic E-state index is -1.77. The van der Waals surface area contributed by atoms with E-state index in [1.54, 1.807) is 63.5 Å². The van der Waals surface area contributed by atoms with Crippen LogP contribution in [-0.4, -0.2) is 173 Å². The summed E-state index contributed by atoms with van der Waals surface area (Å²) in [6.45, 7) is 4.94. The number of carbonyl (C=O) groups excluding carboxylic acids is 10. The van der Waals surface area contributed by atoms with Crippen LogP contribution in [0.5, 0.6) is 11.5 Å². The number of likely N-dealkylation sites (tertiary alicyclic amines) is 1. The van der Waals surface area contributed by atoms with E-state index in [0.717, 1.165) is 10.9 Å². The lowest BCUT2D eigenvalue weighted by molar-refractivity contribution is -0.141. The van der Waals surface area contributed by atoms with Crippen LogP contribution < -0.4 is 47.9 Å². The number of phenols is 2. The largest absolute Gasteiger partial charge is 0.508 e. The Kier molecular flexibility index (Phi) is 22.8. The second kappa shape index (κ2) is 31.6. The van der Waals surface area contributed by atoms with Crippen molar-refractivity contribution in [3.05, 3.63) is 150 Å². The van der Waals surface area contributed by atoms with Crippen LogP contribution >= 0.6 is 0 Å². The fourth-order valence-corrected chi connectivity index (χ4v) is 11.8. The fourth-order valence-electron chi connectivity index (χ4n) is 11.8. The van der Waals surface area contributed by atoms with Crippen molar-refractivity contribution in [3.63, 3.8) is 0 Å². The van der Waals surface area contributed by atoms with Crippen molar-refractivity contribution >= 4 is 80.9 Å². The maximum atomic E-state index is 15.1. The van der Waals surface area contributed by atoms with E-state index in [4.69, 9.17) is 0 Å². The summed E-state index contributed by atoms with van der Waals surface area (Å²) in [4.78, 5) is 157. The molecule has 2 aliphatic heterocycles. The third-order valence-electron chi connectivity index (χ3n) is 16.7. The molecule has 7 aromatic rings. The number of aromatic amines is 3. The maximum absolute atomic E-state index is 15.1. The molecule has 0 bridgehead atoms. The normalized spacial score (nSPS) is 16.8. The molecule has 496 valence electrons. The second-order valence-corrected chi connectivity index (χ2v) is 24.1. The van der Waals surface area contributed by atoms with Crippen molar-refractivity contribution in [3.8, 4) is 11.5 Å². The van der Waals surface area contributed by atoms with E-state index in [0.29, 0.717) is 58.2 Å². The molecule has 2 aliphatic rings. The molecule has 10 amide bonds. The molecule has 0 saturated carbocycles. The van der Waals surface area contributed by atoms with E-state index in [1.165, 1.54) is 53.8 Å². The number of carbonyl (C=O) groups is 10. The van der Waals surface area contributed by atoms with Gasteiger partial charge in [0.1, 0.15) is 65.9 Å². The molecule has 5 heterocycles. The number of fused-ring (bicyclic) bond motifs is 2. The van der Waals surface area contributed by atoms with Gasteiger partial charge in [-0.1, -0.05) is 74.5 Å². The lowest BCUT2D eigenvalue weighted by Crippen LogP contribution is -2.61. The van der Waals surface area contributed by atoms with Gasteiger partial charge in [0.2, 0.25) is 59.1 Å². The van der Waals surface area contributed by atoms with Gasteiger partial charge in [-0.25, -0.2) is 4.98 Å². The summed E-state index contributed by atoms with van der Waals surface area (Å²) in [6.07, 6.45) is 6.72. The topological polar surface area (TPSA) is 403 Å². The molecule has 2 saturated heterocycles. The van der Waals surface area contributed by atoms with E-state index in [9.17, 15) is 53.7 Å². The molecule has 0 aliphatic carbocycles. The van der Waals surface area contributed by atoms with Gasteiger partial charge >= 0.3 is 0 Å². The van der Waals surface area contributed by atoms with Crippen LogP contribution in [0.25, 0.3) is 21.8 Å². The zero-order valence-corrected chi connectivity index (χ0v) is 52.3. The number of hydrogen-bond donors (Lipinski definition) is 15. The highest BCUT2D eigenvalue weighted by Crippen LogP contribution is 2.24. The van der Waals surface area contributed by atoms with Crippen LogP contribution in [0.4, 0.5) is 0 Å². The van der Waals surface area contributed by atoms with Crippen LogP contribution in [-0.2, 0) is 80.0 Å². The number of para-hydroxylation sites is 2. The molecule has 3 aromatic heterocycles. The van der Waals surface area contributed by atoms with Gasteiger partial charge in [0, 0.05) is 97.7 Å². The fraction of sp³-hybridized carbons (Fsp3) is 0.388. The molecule has 9 atom stereocenters. The summed E-state index contributed by atoms with van der Waals surface area (Å²) < 4.78 is 0. The molecule has 0 spiro atoms. The summed E-state index contributed by atoms with van der Waals surface area (Å²) in [5, 5.41) is 57.2. The van der Waals surface area contributed by atoms with Crippen molar-refractivity contribution in [2.45, 2.75) is 139 Å². The lowest BCUT2D eigenvalue weighted by Gasteiger charge is -2.30. The van der Waals surface area contributed by atoms with Crippen LogP contribution in [0.3, 0.4) is 0 Å². The van der Waals surface area contributed by atoms with Crippen LogP contribution in [0, 0.1) is 5.92 Å². The number of nitrogens with zero attached hydrogens (tertiary/aromatic N) is 2. The number of hydrogen-bond acceptors (Lipinski definition) is 14. The summed E-state index contributed by atoms with van der Waals surface area (Å²) in [5.41, 5.74) is 4.12. The third kappa shape index (κ3) is 17.7. The Bertz CT molecular complexity index is 3830. The number of phenolic OH excluding ortho intramolecular Hbond substituents is 2. The number of aromatic hydroxyl groups is 2. The summed E-state index contributed by atoms with van der Waals surface area (Å²) in [7, 11) is 0. The molecule has 0 radical (unpaired) electrons. The lowest BCUT2D eigenvalue weighted by atomic mass is 9.99. The molecular weight excluding hydrogens is 1210 g/mol. The smallest absolute Gasteiger partial charge is 0.246 e.